The van der Waals surface area contributed by atoms with Gasteiger partial charge in [0.15, 0.2) is 0 Å². The number of benzene rings is 1. The molecule has 3 heterocycles. The van der Waals surface area contributed by atoms with Crippen molar-refractivity contribution in [2.24, 2.45) is 5.92 Å². The minimum Gasteiger partial charge on any atom is -0.506 e. The van der Waals surface area contributed by atoms with Crippen molar-refractivity contribution in [1.29, 1.82) is 0 Å². The first kappa shape index (κ1) is 25.7. The zero-order valence-corrected chi connectivity index (χ0v) is 21.0. The van der Waals surface area contributed by atoms with Gasteiger partial charge in [-0.2, -0.15) is 0 Å². The molecule has 4 rings (SSSR count). The van der Waals surface area contributed by atoms with Crippen LogP contribution >= 0.6 is 39.9 Å². The SMILES string of the molecule is Cl.O=C(Nc1ccc(Cl)cn1)c1cc(Br)cc(O)c1NC(=O)C1CCN(c2ccncc2)CC1. The van der Waals surface area contributed by atoms with Gasteiger partial charge in [0, 0.05) is 47.8 Å². The number of phenols is 1. The molecule has 0 bridgehead atoms. The predicted molar refractivity (Wildman–Crippen MR) is 138 cm³/mol. The molecule has 1 aliphatic rings. The summed E-state index contributed by atoms with van der Waals surface area (Å²) < 4.78 is 0.498. The summed E-state index contributed by atoms with van der Waals surface area (Å²) in [5.41, 5.74) is 1.25. The van der Waals surface area contributed by atoms with Crippen LogP contribution < -0.4 is 15.5 Å². The minimum absolute atomic E-state index is 0. The lowest BCUT2D eigenvalue weighted by atomic mass is 9.95. The molecule has 0 unspecified atom stereocenters. The number of rotatable bonds is 5. The number of aromatic nitrogens is 2. The topological polar surface area (TPSA) is 107 Å². The Labute approximate surface area is 216 Å². The number of hydrogen-bond donors (Lipinski definition) is 3. The quantitative estimate of drug-likeness (QED) is 0.370. The van der Waals surface area contributed by atoms with Crippen LogP contribution in [-0.2, 0) is 4.79 Å². The third-order valence-corrected chi connectivity index (χ3v) is 6.12. The van der Waals surface area contributed by atoms with Gasteiger partial charge in [0.25, 0.3) is 5.91 Å². The first-order valence-electron chi connectivity index (χ1n) is 10.3. The Morgan fingerprint density at radius 2 is 1.79 bits per heavy atom. The smallest absolute Gasteiger partial charge is 0.259 e. The summed E-state index contributed by atoms with van der Waals surface area (Å²) in [5.74, 6) is -0.907. The van der Waals surface area contributed by atoms with Crippen LogP contribution in [0.2, 0.25) is 5.02 Å². The van der Waals surface area contributed by atoms with E-state index in [2.05, 4.69) is 41.4 Å². The number of nitrogens with zero attached hydrogens (tertiary/aromatic N) is 3. The molecule has 3 N–H and O–H groups in total. The Bertz CT molecular complexity index is 1160. The number of pyridine rings is 2. The Morgan fingerprint density at radius 1 is 1.09 bits per heavy atom. The first-order chi connectivity index (χ1) is 15.9. The van der Waals surface area contributed by atoms with Gasteiger partial charge < -0.3 is 20.6 Å². The zero-order valence-electron chi connectivity index (χ0n) is 17.9. The van der Waals surface area contributed by atoms with Crippen molar-refractivity contribution in [1.82, 2.24) is 9.97 Å². The second-order valence-corrected chi connectivity index (χ2v) is 8.97. The molecule has 8 nitrogen and oxygen atoms in total. The number of amides is 2. The normalized spacial score (nSPS) is 13.6. The van der Waals surface area contributed by atoms with Crippen LogP contribution in [0.1, 0.15) is 23.2 Å². The lowest BCUT2D eigenvalue weighted by Crippen LogP contribution is -2.38. The molecule has 2 amide bonds. The van der Waals surface area contributed by atoms with E-state index in [0.29, 0.717) is 28.2 Å². The highest BCUT2D eigenvalue weighted by Crippen LogP contribution is 2.33. The monoisotopic (exact) mass is 565 g/mol. The van der Waals surface area contributed by atoms with E-state index in [1.165, 1.54) is 18.3 Å². The number of aromatic hydroxyl groups is 1. The number of carbonyl (C=O) groups is 2. The van der Waals surface area contributed by atoms with Crippen LogP contribution in [0.15, 0.2) is 59.5 Å². The Kier molecular flexibility index (Phi) is 8.71. The Balaban J connectivity index is 0.00000324. The summed E-state index contributed by atoms with van der Waals surface area (Å²) in [5, 5.41) is 16.3. The molecule has 1 aliphatic heterocycles. The minimum atomic E-state index is -0.524. The van der Waals surface area contributed by atoms with Crippen molar-refractivity contribution in [2.45, 2.75) is 12.8 Å². The van der Waals surface area contributed by atoms with E-state index in [9.17, 15) is 14.7 Å². The highest BCUT2D eigenvalue weighted by Gasteiger charge is 2.27. The van der Waals surface area contributed by atoms with E-state index in [4.69, 9.17) is 11.6 Å². The molecule has 11 heteroatoms. The van der Waals surface area contributed by atoms with E-state index in [1.54, 1.807) is 24.5 Å². The van der Waals surface area contributed by atoms with Crippen molar-refractivity contribution in [2.75, 3.05) is 28.6 Å². The number of halogens is 3. The molecule has 1 aromatic carbocycles. The number of anilines is 3. The van der Waals surface area contributed by atoms with Gasteiger partial charge in [-0.3, -0.25) is 14.6 Å². The van der Waals surface area contributed by atoms with Gasteiger partial charge >= 0.3 is 0 Å². The molecule has 3 aromatic rings. The molecule has 0 aliphatic carbocycles. The first-order valence-corrected chi connectivity index (χ1v) is 11.5. The average Bonchev–Trinajstić information content (AvgIpc) is 2.82. The van der Waals surface area contributed by atoms with E-state index in [1.807, 2.05) is 12.1 Å². The van der Waals surface area contributed by atoms with Gasteiger partial charge in [0.1, 0.15) is 11.6 Å². The highest BCUT2D eigenvalue weighted by atomic mass is 79.9. The van der Waals surface area contributed by atoms with Gasteiger partial charge in [-0.15, -0.1) is 12.4 Å². The lowest BCUT2D eigenvalue weighted by Gasteiger charge is -2.33. The molecular weight excluding hydrogens is 545 g/mol. The van der Waals surface area contributed by atoms with Crippen LogP contribution in [0.5, 0.6) is 5.75 Å². The lowest BCUT2D eigenvalue weighted by molar-refractivity contribution is -0.120. The predicted octanol–water partition coefficient (Wildman–Crippen LogP) is 5.13. The molecular formula is C23H22BrCl2N5O3. The van der Waals surface area contributed by atoms with Crippen LogP contribution in [0.4, 0.5) is 17.2 Å². The molecule has 1 fully saturated rings. The largest absolute Gasteiger partial charge is 0.506 e. The van der Waals surface area contributed by atoms with E-state index >= 15 is 0 Å². The third-order valence-electron chi connectivity index (χ3n) is 5.44. The van der Waals surface area contributed by atoms with Crippen LogP contribution in [0.25, 0.3) is 0 Å². The highest BCUT2D eigenvalue weighted by molar-refractivity contribution is 9.10. The van der Waals surface area contributed by atoms with E-state index < -0.39 is 5.91 Å². The average molecular weight is 567 g/mol. The van der Waals surface area contributed by atoms with Crippen molar-refractivity contribution in [3.8, 4) is 5.75 Å². The summed E-state index contributed by atoms with van der Waals surface area (Å²) in [6, 6.07) is 10.0. The summed E-state index contributed by atoms with van der Waals surface area (Å²) in [4.78, 5) is 36.2. The maximum Gasteiger partial charge on any atom is 0.259 e. The fourth-order valence-corrected chi connectivity index (χ4v) is 4.27. The van der Waals surface area contributed by atoms with Gasteiger partial charge in [0.05, 0.1) is 16.3 Å². The van der Waals surface area contributed by atoms with Crippen LogP contribution in [0.3, 0.4) is 0 Å². The fourth-order valence-electron chi connectivity index (χ4n) is 3.72. The molecule has 2 aromatic heterocycles. The maximum atomic E-state index is 13.0. The number of carbonyl (C=O) groups excluding carboxylic acids is 2. The second-order valence-electron chi connectivity index (χ2n) is 7.62. The molecule has 34 heavy (non-hydrogen) atoms. The second kappa shape index (κ2) is 11.5. The van der Waals surface area contributed by atoms with E-state index in [0.717, 1.165) is 18.8 Å². The standard InChI is InChI=1S/C23H21BrClN5O3.ClH/c24-15-11-18(23(33)28-20-2-1-16(25)13-27-20)21(19(31)12-15)29-22(32)14-5-9-30(10-6-14)17-3-7-26-8-4-17;/h1-4,7-8,11-14,31H,5-6,9-10H2,(H,29,32)(H,27,28,33);1H. The van der Waals surface area contributed by atoms with Crippen molar-refractivity contribution < 1.29 is 14.7 Å². The van der Waals surface area contributed by atoms with Crippen LogP contribution in [0, 0.1) is 5.92 Å². The molecule has 0 saturated carbocycles. The maximum absolute atomic E-state index is 13.0. The van der Waals surface area contributed by atoms with Crippen LogP contribution in [-0.4, -0.2) is 40.0 Å². The Hall–Kier alpha value is -2.88. The Morgan fingerprint density at radius 3 is 2.44 bits per heavy atom. The number of phenolic OH excluding ortho intramolecular Hbond substituents is 1. The summed E-state index contributed by atoms with van der Waals surface area (Å²) in [6.45, 7) is 1.45. The molecule has 178 valence electrons. The molecule has 0 radical (unpaired) electrons. The molecule has 1 saturated heterocycles. The summed E-state index contributed by atoms with van der Waals surface area (Å²) in [7, 11) is 0. The van der Waals surface area contributed by atoms with Gasteiger partial charge in [-0.25, -0.2) is 4.98 Å². The summed E-state index contributed by atoms with van der Waals surface area (Å²) in [6.07, 6.45) is 6.22. The summed E-state index contributed by atoms with van der Waals surface area (Å²) >= 11 is 9.13. The number of piperidine rings is 1. The van der Waals surface area contributed by atoms with Crippen molar-refractivity contribution in [3.63, 3.8) is 0 Å². The molecule has 0 spiro atoms. The van der Waals surface area contributed by atoms with Gasteiger partial charge in [0.2, 0.25) is 5.91 Å². The van der Waals surface area contributed by atoms with Crippen molar-refractivity contribution in [3.05, 3.63) is 70.0 Å². The number of nitrogens with one attached hydrogen (secondary N) is 2. The third kappa shape index (κ3) is 6.16. The fraction of sp³-hybridized carbons (Fsp3) is 0.217. The van der Waals surface area contributed by atoms with E-state index in [-0.39, 0.29) is 41.2 Å². The van der Waals surface area contributed by atoms with Crippen molar-refractivity contribution >= 4 is 68.9 Å². The van der Waals surface area contributed by atoms with Gasteiger partial charge in [-0.1, -0.05) is 27.5 Å². The molecule has 0 atom stereocenters. The zero-order chi connectivity index (χ0) is 23.4. The number of hydrogen-bond acceptors (Lipinski definition) is 6. The van der Waals surface area contributed by atoms with Gasteiger partial charge in [-0.05, 0) is 49.2 Å².